The molecule has 144 valence electrons. The van der Waals surface area contributed by atoms with Gasteiger partial charge in [-0.15, -0.1) is 0 Å². The minimum absolute atomic E-state index is 0.0457. The van der Waals surface area contributed by atoms with E-state index in [2.05, 4.69) is 5.32 Å². The number of primary amides is 1. The topological polar surface area (TPSA) is 131 Å². The Hall–Kier alpha value is -4.20. The van der Waals surface area contributed by atoms with Crippen LogP contribution < -0.4 is 15.8 Å². The molecule has 1 spiro atoms. The van der Waals surface area contributed by atoms with Gasteiger partial charge in [-0.1, -0.05) is 18.2 Å². The molecule has 1 unspecified atom stereocenters. The number of amides is 2. The number of hydrogen-bond acceptors (Lipinski definition) is 6. The molecule has 2 heterocycles. The van der Waals surface area contributed by atoms with E-state index in [-0.39, 0.29) is 28.7 Å². The summed E-state index contributed by atoms with van der Waals surface area (Å²) in [6.45, 7) is 0. The third-order valence-electron chi connectivity index (χ3n) is 5.03. The number of benzene rings is 3. The van der Waals surface area contributed by atoms with E-state index in [0.29, 0.717) is 22.3 Å². The number of nitrogens with two attached hydrogens (primary N) is 1. The summed E-state index contributed by atoms with van der Waals surface area (Å²) in [6.07, 6.45) is 0. The number of carbonyl (C=O) groups excluding carboxylic acids is 2. The average Bonchev–Trinajstić information content (AvgIpc) is 2.94. The second kappa shape index (κ2) is 5.65. The number of esters is 1. The molecule has 0 saturated heterocycles. The molecule has 0 aliphatic carbocycles. The number of nitrogens with one attached hydrogen (secondary N) is 1. The SMILES string of the molecule is NC(=O)Nc1cc(O)cc2c1C1(OC(=O)c3ccccc31)c1ccc(O)cc1O2. The summed E-state index contributed by atoms with van der Waals surface area (Å²) in [7, 11) is 0. The van der Waals surface area contributed by atoms with Gasteiger partial charge in [-0.05, 0) is 18.2 Å². The van der Waals surface area contributed by atoms with Crippen LogP contribution in [-0.4, -0.2) is 22.2 Å². The summed E-state index contributed by atoms with van der Waals surface area (Å²) in [4.78, 5) is 24.4. The highest BCUT2D eigenvalue weighted by molar-refractivity contribution is 5.98. The van der Waals surface area contributed by atoms with Crippen LogP contribution in [0.3, 0.4) is 0 Å². The van der Waals surface area contributed by atoms with Crippen LogP contribution >= 0.6 is 0 Å². The third-order valence-corrected chi connectivity index (χ3v) is 5.03. The molecule has 0 fully saturated rings. The summed E-state index contributed by atoms with van der Waals surface area (Å²) >= 11 is 0. The number of urea groups is 1. The van der Waals surface area contributed by atoms with Crippen LogP contribution in [0.15, 0.2) is 54.6 Å². The van der Waals surface area contributed by atoms with E-state index >= 15 is 0 Å². The number of aromatic hydroxyl groups is 2. The van der Waals surface area contributed by atoms with Crippen LogP contribution in [0.1, 0.15) is 27.0 Å². The van der Waals surface area contributed by atoms with Crippen molar-refractivity contribution in [3.8, 4) is 23.0 Å². The molecular weight excluding hydrogens is 376 g/mol. The van der Waals surface area contributed by atoms with E-state index in [9.17, 15) is 19.8 Å². The van der Waals surface area contributed by atoms with Gasteiger partial charge in [0.05, 0.1) is 16.8 Å². The molecule has 3 aromatic rings. The van der Waals surface area contributed by atoms with Gasteiger partial charge in [-0.3, -0.25) is 0 Å². The lowest BCUT2D eigenvalue weighted by Crippen LogP contribution is -2.35. The number of rotatable bonds is 1. The summed E-state index contributed by atoms with van der Waals surface area (Å²) in [6, 6.07) is 13.1. The maximum atomic E-state index is 12.8. The van der Waals surface area contributed by atoms with Crippen molar-refractivity contribution in [2.75, 3.05) is 5.32 Å². The molecule has 8 nitrogen and oxygen atoms in total. The molecule has 5 N–H and O–H groups in total. The smallest absolute Gasteiger partial charge is 0.340 e. The van der Waals surface area contributed by atoms with Crippen molar-refractivity contribution in [3.63, 3.8) is 0 Å². The molecule has 1 atom stereocenters. The molecule has 2 aliphatic heterocycles. The fraction of sp³-hybridized carbons (Fsp3) is 0.0476. The van der Waals surface area contributed by atoms with Crippen molar-refractivity contribution in [1.82, 2.24) is 0 Å². The standard InChI is InChI=1S/C21H14N2O6/c22-20(27)23-15-7-11(25)9-17-18(15)21(14-6-5-10(24)8-16(14)28-17)13-4-2-1-3-12(13)19(26)29-21/h1-9,24-25H,(H3,22,23,27). The van der Waals surface area contributed by atoms with Crippen LogP contribution in [0, 0.1) is 0 Å². The number of carbonyl (C=O) groups is 2. The monoisotopic (exact) mass is 390 g/mol. The number of fused-ring (bicyclic) bond motifs is 6. The number of ether oxygens (including phenoxy) is 2. The molecule has 0 radical (unpaired) electrons. The Bertz CT molecular complexity index is 1220. The maximum Gasteiger partial charge on any atom is 0.340 e. The number of hydrogen-bond donors (Lipinski definition) is 4. The Morgan fingerprint density at radius 1 is 0.966 bits per heavy atom. The Morgan fingerprint density at radius 2 is 1.72 bits per heavy atom. The quantitative estimate of drug-likeness (QED) is 0.472. The van der Waals surface area contributed by atoms with Crippen molar-refractivity contribution in [1.29, 1.82) is 0 Å². The fourth-order valence-corrected chi connectivity index (χ4v) is 4.02. The predicted molar refractivity (Wildman–Crippen MR) is 101 cm³/mol. The average molecular weight is 390 g/mol. The maximum absolute atomic E-state index is 12.8. The van der Waals surface area contributed by atoms with Crippen molar-refractivity contribution >= 4 is 17.7 Å². The molecule has 0 aromatic heterocycles. The number of phenolic OH excluding ortho intramolecular Hbond substituents is 2. The molecule has 0 saturated carbocycles. The fourth-order valence-electron chi connectivity index (χ4n) is 4.02. The van der Waals surface area contributed by atoms with E-state index in [1.165, 1.54) is 24.3 Å². The normalized spacial score (nSPS) is 18.3. The van der Waals surface area contributed by atoms with Crippen LogP contribution in [0.2, 0.25) is 0 Å². The predicted octanol–water partition coefficient (Wildman–Crippen LogP) is 3.16. The zero-order chi connectivity index (χ0) is 20.3. The van der Waals surface area contributed by atoms with E-state index in [1.54, 1.807) is 30.3 Å². The van der Waals surface area contributed by atoms with Crippen molar-refractivity contribution in [2.45, 2.75) is 5.60 Å². The van der Waals surface area contributed by atoms with Crippen molar-refractivity contribution in [3.05, 3.63) is 76.9 Å². The lowest BCUT2D eigenvalue weighted by Gasteiger charge is -2.37. The van der Waals surface area contributed by atoms with Crippen molar-refractivity contribution in [2.24, 2.45) is 5.73 Å². The van der Waals surface area contributed by atoms with Gasteiger partial charge in [0.2, 0.25) is 0 Å². The summed E-state index contributed by atoms with van der Waals surface area (Å²) in [5.74, 6) is -0.390. The first-order valence-electron chi connectivity index (χ1n) is 8.68. The van der Waals surface area contributed by atoms with Gasteiger partial charge >= 0.3 is 12.0 Å². The Morgan fingerprint density at radius 3 is 2.52 bits per heavy atom. The van der Waals surface area contributed by atoms with E-state index in [0.717, 1.165) is 0 Å². The molecule has 5 rings (SSSR count). The van der Waals surface area contributed by atoms with Crippen LogP contribution in [0.4, 0.5) is 10.5 Å². The van der Waals surface area contributed by atoms with Crippen LogP contribution in [0.25, 0.3) is 0 Å². The van der Waals surface area contributed by atoms with E-state index in [1.807, 2.05) is 0 Å². The summed E-state index contributed by atoms with van der Waals surface area (Å²) < 4.78 is 11.8. The molecule has 0 bridgehead atoms. The van der Waals surface area contributed by atoms with Gasteiger partial charge in [0.15, 0.2) is 5.60 Å². The second-order valence-electron chi connectivity index (χ2n) is 6.75. The van der Waals surface area contributed by atoms with E-state index in [4.69, 9.17) is 15.2 Å². The van der Waals surface area contributed by atoms with Gasteiger partial charge in [0.1, 0.15) is 23.0 Å². The summed E-state index contributed by atoms with van der Waals surface area (Å²) in [5.41, 5.74) is 5.66. The minimum Gasteiger partial charge on any atom is -0.508 e. The molecule has 29 heavy (non-hydrogen) atoms. The summed E-state index contributed by atoms with van der Waals surface area (Å²) in [5, 5.41) is 22.5. The number of anilines is 1. The molecule has 2 amide bonds. The first-order valence-corrected chi connectivity index (χ1v) is 8.68. The largest absolute Gasteiger partial charge is 0.508 e. The molecule has 8 heteroatoms. The van der Waals surface area contributed by atoms with Gasteiger partial charge in [0, 0.05) is 29.3 Å². The lowest BCUT2D eigenvalue weighted by atomic mass is 9.77. The van der Waals surface area contributed by atoms with Crippen molar-refractivity contribution < 1.29 is 29.3 Å². The minimum atomic E-state index is -1.46. The van der Waals surface area contributed by atoms with E-state index < -0.39 is 17.6 Å². The Labute approximate surface area is 164 Å². The lowest BCUT2D eigenvalue weighted by molar-refractivity contribution is 0.0227. The number of phenols is 2. The third kappa shape index (κ3) is 2.26. The van der Waals surface area contributed by atoms with Gasteiger partial charge < -0.3 is 30.7 Å². The first-order chi connectivity index (χ1) is 13.9. The molecular formula is C21H14N2O6. The highest BCUT2D eigenvalue weighted by atomic mass is 16.6. The Kier molecular flexibility index (Phi) is 3.30. The molecule has 3 aromatic carbocycles. The highest BCUT2D eigenvalue weighted by Gasteiger charge is 2.55. The first kappa shape index (κ1) is 16.9. The Balaban J connectivity index is 1.92. The van der Waals surface area contributed by atoms with Gasteiger partial charge in [-0.2, -0.15) is 0 Å². The zero-order valence-electron chi connectivity index (χ0n) is 14.8. The second-order valence-corrected chi connectivity index (χ2v) is 6.75. The van der Waals surface area contributed by atoms with Gasteiger partial charge in [0.25, 0.3) is 0 Å². The van der Waals surface area contributed by atoms with Crippen LogP contribution in [-0.2, 0) is 10.3 Å². The molecule has 2 aliphatic rings. The zero-order valence-corrected chi connectivity index (χ0v) is 14.8. The highest BCUT2D eigenvalue weighted by Crippen LogP contribution is 2.59. The van der Waals surface area contributed by atoms with Crippen LogP contribution in [0.5, 0.6) is 23.0 Å². The van der Waals surface area contributed by atoms with Gasteiger partial charge in [-0.25, -0.2) is 9.59 Å².